The summed E-state index contributed by atoms with van der Waals surface area (Å²) in [5, 5.41) is 0. The van der Waals surface area contributed by atoms with Crippen LogP contribution in [-0.2, 0) is 0 Å². The third-order valence-electron chi connectivity index (χ3n) is 1.01. The third kappa shape index (κ3) is 0.911. The Hall–Kier alpha value is -0.550. The zero-order chi connectivity index (χ0) is 6.97. The molecule has 0 atom stereocenters. The highest BCUT2D eigenvalue weighted by Crippen LogP contribution is 2.14. The van der Waals surface area contributed by atoms with Gasteiger partial charge in [-0.3, -0.25) is 0 Å². The normalized spacial score (nSPS) is 10.5. The first-order chi connectivity index (χ1) is 4.86. The first kappa shape index (κ1) is 6.18. The van der Waals surface area contributed by atoms with Crippen LogP contribution in [0.4, 0.5) is 0 Å². The summed E-state index contributed by atoms with van der Waals surface area (Å²) >= 11 is 4.56. The Balaban J connectivity index is 2.86. The van der Waals surface area contributed by atoms with Gasteiger partial charge in [-0.15, -0.1) is 11.3 Å². The van der Waals surface area contributed by atoms with Gasteiger partial charge in [0, 0.05) is 0 Å². The van der Waals surface area contributed by atoms with Gasteiger partial charge < -0.3 is 0 Å². The smallest absolute Gasteiger partial charge is 0.198 e. The summed E-state index contributed by atoms with van der Waals surface area (Å²) in [5.41, 5.74) is 3.43. The van der Waals surface area contributed by atoms with Gasteiger partial charge in [0.05, 0.1) is 10.9 Å². The summed E-state index contributed by atoms with van der Waals surface area (Å²) in [6.45, 7) is 0. The molecule has 0 aromatic carbocycles. The lowest BCUT2D eigenvalue weighted by Crippen LogP contribution is -1.80. The van der Waals surface area contributed by atoms with Crippen molar-refractivity contribution >= 4 is 37.6 Å². The summed E-state index contributed by atoms with van der Waals surface area (Å²) in [5.74, 6) is 0. The SMILES string of the molecule is Brc1ncc2s[c]nc2n1. The van der Waals surface area contributed by atoms with Crippen LogP contribution in [0.1, 0.15) is 0 Å². The fourth-order valence-electron chi connectivity index (χ4n) is 0.608. The molecule has 2 rings (SSSR count). The van der Waals surface area contributed by atoms with Crippen LogP contribution < -0.4 is 0 Å². The topological polar surface area (TPSA) is 38.7 Å². The van der Waals surface area contributed by atoms with Gasteiger partial charge in [-0.05, 0) is 15.9 Å². The van der Waals surface area contributed by atoms with Crippen molar-refractivity contribution in [2.75, 3.05) is 0 Å². The van der Waals surface area contributed by atoms with Gasteiger partial charge in [-0.2, -0.15) is 0 Å². The highest BCUT2D eigenvalue weighted by molar-refractivity contribution is 9.10. The lowest BCUT2D eigenvalue weighted by Gasteiger charge is -1.85. The van der Waals surface area contributed by atoms with E-state index in [2.05, 4.69) is 36.4 Å². The van der Waals surface area contributed by atoms with Crippen molar-refractivity contribution in [3.8, 4) is 0 Å². The number of rotatable bonds is 0. The van der Waals surface area contributed by atoms with Crippen molar-refractivity contribution in [2.24, 2.45) is 0 Å². The van der Waals surface area contributed by atoms with Crippen molar-refractivity contribution in [1.82, 2.24) is 15.0 Å². The lowest BCUT2D eigenvalue weighted by molar-refractivity contribution is 1.14. The van der Waals surface area contributed by atoms with Gasteiger partial charge in [-0.25, -0.2) is 15.0 Å². The standard InChI is InChI=1S/C5HBrN3S/c6-5-7-1-3-4(9-5)8-2-10-3/h1H. The van der Waals surface area contributed by atoms with Crippen LogP contribution >= 0.6 is 27.3 Å². The van der Waals surface area contributed by atoms with E-state index in [0.717, 1.165) is 4.70 Å². The predicted molar refractivity (Wildman–Crippen MR) is 41.7 cm³/mol. The highest BCUT2D eigenvalue weighted by Gasteiger charge is 1.97. The maximum absolute atomic E-state index is 4.01. The first-order valence-electron chi connectivity index (χ1n) is 2.51. The van der Waals surface area contributed by atoms with Crippen LogP contribution in [0, 0.1) is 5.51 Å². The molecule has 0 unspecified atom stereocenters. The number of thiazole rings is 1. The average Bonchev–Trinajstić information content (AvgIpc) is 2.33. The van der Waals surface area contributed by atoms with E-state index >= 15 is 0 Å². The van der Waals surface area contributed by atoms with E-state index in [0.29, 0.717) is 10.4 Å². The molecule has 0 saturated heterocycles. The molecule has 2 aromatic rings. The molecule has 49 valence electrons. The van der Waals surface area contributed by atoms with Crippen molar-refractivity contribution in [3.05, 3.63) is 16.4 Å². The summed E-state index contributed by atoms with van der Waals surface area (Å²) in [4.78, 5) is 11.8. The molecular formula is C5HBrN3S. The fourth-order valence-corrected chi connectivity index (χ4v) is 1.40. The summed E-state index contributed by atoms with van der Waals surface area (Å²) in [6, 6.07) is 0. The second kappa shape index (κ2) is 2.25. The largest absolute Gasteiger partial charge is 0.229 e. The van der Waals surface area contributed by atoms with E-state index in [1.165, 1.54) is 11.3 Å². The maximum atomic E-state index is 4.01. The van der Waals surface area contributed by atoms with Crippen molar-refractivity contribution in [3.63, 3.8) is 0 Å². The molecule has 0 spiro atoms. The molecule has 1 radical (unpaired) electrons. The minimum absolute atomic E-state index is 0.569. The summed E-state index contributed by atoms with van der Waals surface area (Å²) in [7, 11) is 0. The molecule has 3 nitrogen and oxygen atoms in total. The Morgan fingerprint density at radius 1 is 1.60 bits per heavy atom. The van der Waals surface area contributed by atoms with E-state index in [1.54, 1.807) is 6.20 Å². The molecule has 0 N–H and O–H groups in total. The number of hydrogen-bond donors (Lipinski definition) is 0. The average molecular weight is 215 g/mol. The maximum Gasteiger partial charge on any atom is 0.198 e. The Morgan fingerprint density at radius 3 is 3.40 bits per heavy atom. The van der Waals surface area contributed by atoms with Gasteiger partial charge in [0.25, 0.3) is 0 Å². The zero-order valence-corrected chi connectivity index (χ0v) is 7.11. The molecule has 0 aliphatic rings. The molecule has 5 heteroatoms. The Morgan fingerprint density at radius 2 is 2.50 bits per heavy atom. The van der Waals surface area contributed by atoms with Crippen LogP contribution in [0.5, 0.6) is 0 Å². The van der Waals surface area contributed by atoms with Crippen LogP contribution in [0.15, 0.2) is 10.9 Å². The van der Waals surface area contributed by atoms with Gasteiger partial charge in [0.15, 0.2) is 15.9 Å². The van der Waals surface area contributed by atoms with Crippen molar-refractivity contribution in [1.29, 1.82) is 0 Å². The molecule has 0 aliphatic carbocycles. The second-order valence-electron chi connectivity index (χ2n) is 1.63. The van der Waals surface area contributed by atoms with Crippen LogP contribution in [0.2, 0.25) is 0 Å². The highest BCUT2D eigenvalue weighted by atomic mass is 79.9. The van der Waals surface area contributed by atoms with Gasteiger partial charge >= 0.3 is 0 Å². The second-order valence-corrected chi connectivity index (χ2v) is 3.17. The number of hydrogen-bond acceptors (Lipinski definition) is 4. The minimum Gasteiger partial charge on any atom is -0.229 e. The summed E-state index contributed by atoms with van der Waals surface area (Å²) < 4.78 is 1.53. The van der Waals surface area contributed by atoms with Crippen LogP contribution in [0.3, 0.4) is 0 Å². The third-order valence-corrected chi connectivity index (χ3v) is 2.09. The number of aromatic nitrogens is 3. The molecule has 0 amide bonds. The fraction of sp³-hybridized carbons (Fsp3) is 0. The molecule has 0 fully saturated rings. The van der Waals surface area contributed by atoms with Crippen LogP contribution in [0.25, 0.3) is 10.3 Å². The Labute approximate surface area is 69.3 Å². The number of fused-ring (bicyclic) bond motifs is 1. The Bertz CT molecular complexity index is 358. The number of nitrogens with zero attached hydrogens (tertiary/aromatic N) is 3. The Kier molecular flexibility index (Phi) is 1.39. The van der Waals surface area contributed by atoms with Crippen molar-refractivity contribution in [2.45, 2.75) is 0 Å². The van der Waals surface area contributed by atoms with E-state index in [4.69, 9.17) is 0 Å². The van der Waals surface area contributed by atoms with Gasteiger partial charge in [0.2, 0.25) is 0 Å². The molecule has 0 aliphatic heterocycles. The quantitative estimate of drug-likeness (QED) is 0.627. The molecule has 10 heavy (non-hydrogen) atoms. The molecule has 0 bridgehead atoms. The van der Waals surface area contributed by atoms with E-state index in [-0.39, 0.29) is 0 Å². The predicted octanol–water partition coefficient (Wildman–Crippen LogP) is 1.65. The van der Waals surface area contributed by atoms with Crippen LogP contribution in [-0.4, -0.2) is 15.0 Å². The number of halogens is 1. The van der Waals surface area contributed by atoms with E-state index in [1.807, 2.05) is 0 Å². The van der Waals surface area contributed by atoms with E-state index in [9.17, 15) is 0 Å². The molecular weight excluding hydrogens is 214 g/mol. The monoisotopic (exact) mass is 214 g/mol. The molecule has 2 heterocycles. The minimum atomic E-state index is 0.569. The van der Waals surface area contributed by atoms with Crippen molar-refractivity contribution < 1.29 is 0 Å². The van der Waals surface area contributed by atoms with Gasteiger partial charge in [0.1, 0.15) is 0 Å². The van der Waals surface area contributed by atoms with E-state index < -0.39 is 0 Å². The summed E-state index contributed by atoms with van der Waals surface area (Å²) in [6.07, 6.45) is 1.72. The zero-order valence-electron chi connectivity index (χ0n) is 4.71. The van der Waals surface area contributed by atoms with Gasteiger partial charge in [-0.1, -0.05) is 0 Å². The molecule has 2 aromatic heterocycles. The first-order valence-corrected chi connectivity index (χ1v) is 4.12. The molecule has 0 saturated carbocycles. The lowest BCUT2D eigenvalue weighted by atomic mass is 10.6.